The summed E-state index contributed by atoms with van der Waals surface area (Å²) in [6.45, 7) is 6.40. The Labute approximate surface area is 122 Å². The molecule has 1 aromatic heterocycles. The van der Waals surface area contributed by atoms with E-state index >= 15 is 0 Å². The molecular weight excluding hydrogens is 248 g/mol. The van der Waals surface area contributed by atoms with E-state index in [0.717, 1.165) is 32.1 Å². The topological polar surface area (TPSA) is 47.1 Å². The molecule has 1 aromatic rings. The van der Waals surface area contributed by atoms with Gasteiger partial charge < -0.3 is 10.3 Å². The molecule has 1 aliphatic heterocycles. The number of imidazole rings is 1. The van der Waals surface area contributed by atoms with Crippen LogP contribution in [-0.2, 0) is 13.1 Å². The minimum atomic E-state index is 0.677. The first kappa shape index (κ1) is 14.1. The third-order valence-electron chi connectivity index (χ3n) is 5.31. The van der Waals surface area contributed by atoms with Crippen molar-refractivity contribution in [3.05, 3.63) is 18.2 Å². The normalized spacial score (nSPS) is 31.2. The van der Waals surface area contributed by atoms with Crippen molar-refractivity contribution in [3.63, 3.8) is 0 Å². The highest BCUT2D eigenvalue weighted by Crippen LogP contribution is 2.35. The summed E-state index contributed by atoms with van der Waals surface area (Å²) in [7, 11) is 0. The molecule has 3 unspecified atom stereocenters. The molecule has 2 aliphatic rings. The van der Waals surface area contributed by atoms with Crippen molar-refractivity contribution >= 4 is 0 Å². The van der Waals surface area contributed by atoms with Crippen molar-refractivity contribution in [2.75, 3.05) is 13.1 Å². The number of rotatable bonds is 4. The summed E-state index contributed by atoms with van der Waals surface area (Å²) in [5.74, 6) is 2.82. The zero-order chi connectivity index (χ0) is 13.9. The Hall–Kier alpha value is -0.870. The van der Waals surface area contributed by atoms with E-state index in [2.05, 4.69) is 27.6 Å². The van der Waals surface area contributed by atoms with Crippen LogP contribution >= 0.6 is 0 Å². The van der Waals surface area contributed by atoms with Crippen LogP contribution in [0.15, 0.2) is 12.4 Å². The van der Waals surface area contributed by atoms with E-state index in [1.54, 1.807) is 0 Å². The molecule has 0 bridgehead atoms. The number of nitrogens with zero attached hydrogens (tertiary/aromatic N) is 3. The standard InChI is InChI=1S/C16H28N4/c1-2-3-13-4-5-14(11-17)15(10-13)20-9-8-19-7-6-18-16(19)12-20/h6-7,13-15H,2-5,8-12,17H2,1H3. The molecule has 0 spiro atoms. The Morgan fingerprint density at radius 3 is 3.05 bits per heavy atom. The molecule has 4 heteroatoms. The summed E-state index contributed by atoms with van der Waals surface area (Å²) < 4.78 is 2.29. The Morgan fingerprint density at radius 1 is 1.35 bits per heavy atom. The average molecular weight is 276 g/mol. The van der Waals surface area contributed by atoms with Gasteiger partial charge in [-0.1, -0.05) is 26.2 Å². The molecule has 2 N–H and O–H groups in total. The molecule has 3 atom stereocenters. The molecule has 2 heterocycles. The molecule has 1 aliphatic carbocycles. The minimum Gasteiger partial charge on any atom is -0.333 e. The van der Waals surface area contributed by atoms with Crippen LogP contribution in [0.1, 0.15) is 44.9 Å². The average Bonchev–Trinajstić information content (AvgIpc) is 2.95. The van der Waals surface area contributed by atoms with E-state index in [0.29, 0.717) is 12.0 Å². The molecule has 0 radical (unpaired) electrons. The summed E-state index contributed by atoms with van der Waals surface area (Å²) in [5, 5.41) is 0. The number of hydrogen-bond acceptors (Lipinski definition) is 3. The third kappa shape index (κ3) is 2.77. The van der Waals surface area contributed by atoms with E-state index < -0.39 is 0 Å². The lowest BCUT2D eigenvalue weighted by Gasteiger charge is -2.44. The predicted octanol–water partition coefficient (Wildman–Crippen LogP) is 2.24. The quantitative estimate of drug-likeness (QED) is 0.917. The van der Waals surface area contributed by atoms with E-state index in [1.807, 2.05) is 6.20 Å². The van der Waals surface area contributed by atoms with Gasteiger partial charge in [0, 0.05) is 31.5 Å². The maximum absolute atomic E-state index is 6.05. The largest absolute Gasteiger partial charge is 0.333 e. The lowest BCUT2D eigenvalue weighted by atomic mass is 9.76. The molecule has 4 nitrogen and oxygen atoms in total. The summed E-state index contributed by atoms with van der Waals surface area (Å²) in [6.07, 6.45) is 10.8. The van der Waals surface area contributed by atoms with Gasteiger partial charge in [-0.3, -0.25) is 4.90 Å². The lowest BCUT2D eigenvalue weighted by Crippen LogP contribution is -2.49. The van der Waals surface area contributed by atoms with Crippen molar-refractivity contribution in [2.45, 2.75) is 58.2 Å². The molecule has 3 rings (SSSR count). The molecule has 0 saturated heterocycles. The fourth-order valence-corrected chi connectivity index (χ4v) is 4.16. The highest BCUT2D eigenvalue weighted by molar-refractivity contribution is 4.98. The summed E-state index contributed by atoms with van der Waals surface area (Å²) in [6, 6.07) is 0.677. The van der Waals surface area contributed by atoms with Crippen LogP contribution in [0, 0.1) is 11.8 Å². The van der Waals surface area contributed by atoms with Gasteiger partial charge in [-0.05, 0) is 31.2 Å². The molecule has 20 heavy (non-hydrogen) atoms. The van der Waals surface area contributed by atoms with E-state index in [1.165, 1.54) is 37.9 Å². The predicted molar refractivity (Wildman–Crippen MR) is 81.2 cm³/mol. The van der Waals surface area contributed by atoms with Crippen molar-refractivity contribution in [2.24, 2.45) is 17.6 Å². The van der Waals surface area contributed by atoms with Crippen molar-refractivity contribution in [1.29, 1.82) is 0 Å². The molecule has 112 valence electrons. The summed E-state index contributed by atoms with van der Waals surface area (Å²) in [4.78, 5) is 7.15. The summed E-state index contributed by atoms with van der Waals surface area (Å²) in [5.41, 5.74) is 6.05. The van der Waals surface area contributed by atoms with E-state index in [4.69, 9.17) is 5.73 Å². The Balaban J connectivity index is 1.69. The van der Waals surface area contributed by atoms with Gasteiger partial charge in [0.2, 0.25) is 0 Å². The van der Waals surface area contributed by atoms with Crippen LogP contribution in [0.2, 0.25) is 0 Å². The number of fused-ring (bicyclic) bond motifs is 1. The summed E-state index contributed by atoms with van der Waals surface area (Å²) >= 11 is 0. The number of aromatic nitrogens is 2. The van der Waals surface area contributed by atoms with Crippen LogP contribution in [0.3, 0.4) is 0 Å². The lowest BCUT2D eigenvalue weighted by molar-refractivity contribution is 0.0569. The van der Waals surface area contributed by atoms with Gasteiger partial charge in [0.1, 0.15) is 5.82 Å². The second-order valence-corrected chi connectivity index (χ2v) is 6.54. The van der Waals surface area contributed by atoms with E-state index in [-0.39, 0.29) is 0 Å². The highest BCUT2D eigenvalue weighted by Gasteiger charge is 2.34. The van der Waals surface area contributed by atoms with E-state index in [9.17, 15) is 0 Å². The maximum Gasteiger partial charge on any atom is 0.122 e. The molecule has 1 saturated carbocycles. The fraction of sp³-hybridized carbons (Fsp3) is 0.812. The van der Waals surface area contributed by atoms with Crippen LogP contribution in [0.25, 0.3) is 0 Å². The minimum absolute atomic E-state index is 0.677. The second kappa shape index (κ2) is 6.27. The second-order valence-electron chi connectivity index (χ2n) is 6.54. The fourth-order valence-electron chi connectivity index (χ4n) is 4.16. The monoisotopic (exact) mass is 276 g/mol. The SMILES string of the molecule is CCCC1CCC(CN)C(N2CCn3ccnc3C2)C1. The zero-order valence-electron chi connectivity index (χ0n) is 12.7. The first-order valence-electron chi connectivity index (χ1n) is 8.26. The smallest absolute Gasteiger partial charge is 0.122 e. The van der Waals surface area contributed by atoms with Gasteiger partial charge in [-0.2, -0.15) is 0 Å². The zero-order valence-corrected chi connectivity index (χ0v) is 12.7. The maximum atomic E-state index is 6.05. The Kier molecular flexibility index (Phi) is 4.41. The van der Waals surface area contributed by atoms with Gasteiger partial charge in [0.15, 0.2) is 0 Å². The van der Waals surface area contributed by atoms with Crippen LogP contribution in [-0.4, -0.2) is 33.6 Å². The van der Waals surface area contributed by atoms with Gasteiger partial charge in [-0.15, -0.1) is 0 Å². The molecule has 0 amide bonds. The number of hydrogen-bond donors (Lipinski definition) is 1. The highest BCUT2D eigenvalue weighted by atomic mass is 15.3. The third-order valence-corrected chi connectivity index (χ3v) is 5.31. The molecule has 0 aromatic carbocycles. The first-order chi connectivity index (χ1) is 9.81. The Morgan fingerprint density at radius 2 is 2.25 bits per heavy atom. The van der Waals surface area contributed by atoms with Gasteiger partial charge in [0.05, 0.1) is 6.54 Å². The van der Waals surface area contributed by atoms with Crippen LogP contribution in [0.4, 0.5) is 0 Å². The Bertz CT molecular complexity index is 428. The molecular formula is C16H28N4. The van der Waals surface area contributed by atoms with Crippen LogP contribution in [0.5, 0.6) is 0 Å². The van der Waals surface area contributed by atoms with Crippen molar-refractivity contribution < 1.29 is 0 Å². The van der Waals surface area contributed by atoms with Crippen molar-refractivity contribution in [1.82, 2.24) is 14.5 Å². The van der Waals surface area contributed by atoms with Crippen LogP contribution < -0.4 is 5.73 Å². The molecule has 1 fully saturated rings. The van der Waals surface area contributed by atoms with Gasteiger partial charge in [-0.25, -0.2) is 4.98 Å². The van der Waals surface area contributed by atoms with Gasteiger partial charge >= 0.3 is 0 Å². The van der Waals surface area contributed by atoms with Gasteiger partial charge in [0.25, 0.3) is 0 Å². The van der Waals surface area contributed by atoms with Crippen molar-refractivity contribution in [3.8, 4) is 0 Å². The number of nitrogens with two attached hydrogens (primary N) is 1. The first-order valence-corrected chi connectivity index (χ1v) is 8.26.